The third-order valence-corrected chi connectivity index (χ3v) is 1.85. The lowest BCUT2D eigenvalue weighted by Gasteiger charge is -1.87. The molecule has 18 heavy (non-hydrogen) atoms. The third kappa shape index (κ3) is 4.85. The van der Waals surface area contributed by atoms with Crippen molar-refractivity contribution in [3.63, 3.8) is 0 Å². The minimum Gasteiger partial charge on any atom is -0.396 e. The van der Waals surface area contributed by atoms with Gasteiger partial charge in [0.2, 0.25) is 10.6 Å². The van der Waals surface area contributed by atoms with Crippen LogP contribution in [0.15, 0.2) is 24.8 Å². The maximum Gasteiger partial charge on any atom is 0.305 e. The van der Waals surface area contributed by atoms with E-state index >= 15 is 0 Å². The highest BCUT2D eigenvalue weighted by atomic mass is 35.5. The van der Waals surface area contributed by atoms with Crippen molar-refractivity contribution in [2.45, 2.75) is 0 Å². The minimum atomic E-state index is -0.587. The van der Waals surface area contributed by atoms with Crippen molar-refractivity contribution in [2.75, 3.05) is 5.73 Å². The Bertz CT molecular complexity index is 497. The first kappa shape index (κ1) is 14.0. The first-order valence-corrected chi connectivity index (χ1v) is 5.09. The molecule has 2 rings (SSSR count). The van der Waals surface area contributed by atoms with Gasteiger partial charge in [0.05, 0.1) is 23.0 Å². The maximum atomic E-state index is 9.99. The van der Waals surface area contributed by atoms with Gasteiger partial charge in [-0.05, 0) is 23.2 Å². The standard InChI is InChI=1S/C4H2ClN3O2.C4H4ClN3/c5-4-6-1-3(2-7-4)8(9)10;5-4-7-1-3(6)2-8-4/h1-2H;1-2H,6H2. The van der Waals surface area contributed by atoms with Crippen LogP contribution in [0, 0.1) is 10.1 Å². The Morgan fingerprint density at radius 3 is 1.72 bits per heavy atom. The summed E-state index contributed by atoms with van der Waals surface area (Å²) in [6, 6.07) is 0. The van der Waals surface area contributed by atoms with Crippen molar-refractivity contribution >= 4 is 34.6 Å². The predicted octanol–water partition coefficient (Wildman–Crippen LogP) is 1.75. The Morgan fingerprint density at radius 2 is 1.39 bits per heavy atom. The number of nitrogens with zero attached hydrogens (tertiary/aromatic N) is 5. The van der Waals surface area contributed by atoms with Crippen molar-refractivity contribution in [1.29, 1.82) is 0 Å². The van der Waals surface area contributed by atoms with Crippen molar-refractivity contribution in [3.05, 3.63) is 45.5 Å². The van der Waals surface area contributed by atoms with Gasteiger partial charge in [0.1, 0.15) is 12.4 Å². The topological polar surface area (TPSA) is 121 Å². The molecular formula is C8H6Cl2N6O2. The van der Waals surface area contributed by atoms with Gasteiger partial charge in [-0.1, -0.05) is 0 Å². The summed E-state index contributed by atoms with van der Waals surface area (Å²) in [4.78, 5) is 23.4. The number of halogens is 2. The SMILES string of the molecule is Nc1cnc(Cl)nc1.O=[N+]([O-])c1cnc(Cl)nc1. The van der Waals surface area contributed by atoms with Crippen molar-refractivity contribution in [2.24, 2.45) is 0 Å². The zero-order valence-corrected chi connectivity index (χ0v) is 10.2. The zero-order valence-electron chi connectivity index (χ0n) is 8.70. The second-order valence-corrected chi connectivity index (χ2v) is 3.43. The number of rotatable bonds is 1. The number of hydrogen-bond acceptors (Lipinski definition) is 7. The molecule has 0 unspecified atom stereocenters. The highest BCUT2D eigenvalue weighted by molar-refractivity contribution is 6.28. The maximum absolute atomic E-state index is 9.99. The molecule has 2 aromatic rings. The van der Waals surface area contributed by atoms with E-state index in [-0.39, 0.29) is 16.3 Å². The molecule has 0 aliphatic rings. The van der Waals surface area contributed by atoms with E-state index in [1.165, 1.54) is 12.4 Å². The van der Waals surface area contributed by atoms with Crippen LogP contribution in [0.25, 0.3) is 0 Å². The summed E-state index contributed by atoms with van der Waals surface area (Å²) in [5, 5.41) is 10.2. The first-order chi connectivity index (χ1) is 8.49. The minimum absolute atomic E-state index is 0.00519. The van der Waals surface area contributed by atoms with Crippen LogP contribution < -0.4 is 5.73 Å². The lowest BCUT2D eigenvalue weighted by atomic mass is 10.6. The largest absolute Gasteiger partial charge is 0.396 e. The van der Waals surface area contributed by atoms with E-state index in [4.69, 9.17) is 28.9 Å². The molecule has 2 aromatic heterocycles. The van der Waals surface area contributed by atoms with Gasteiger partial charge < -0.3 is 5.73 Å². The Hall–Kier alpha value is -2.06. The third-order valence-electron chi connectivity index (χ3n) is 1.46. The van der Waals surface area contributed by atoms with E-state index in [1.807, 2.05) is 0 Å². The predicted molar refractivity (Wildman–Crippen MR) is 65.2 cm³/mol. The fraction of sp³-hybridized carbons (Fsp3) is 0. The molecule has 94 valence electrons. The van der Waals surface area contributed by atoms with E-state index in [0.717, 1.165) is 12.4 Å². The molecule has 0 amide bonds. The molecule has 0 aromatic carbocycles. The fourth-order valence-electron chi connectivity index (χ4n) is 0.722. The average Bonchev–Trinajstić information content (AvgIpc) is 2.34. The fourth-order valence-corrected chi connectivity index (χ4v) is 0.917. The van der Waals surface area contributed by atoms with E-state index < -0.39 is 4.92 Å². The first-order valence-electron chi connectivity index (χ1n) is 4.34. The quantitative estimate of drug-likeness (QED) is 0.482. The van der Waals surface area contributed by atoms with Crippen LogP contribution in [0.3, 0.4) is 0 Å². The van der Waals surface area contributed by atoms with Crippen LogP contribution in [0.4, 0.5) is 11.4 Å². The van der Waals surface area contributed by atoms with Gasteiger partial charge in [0, 0.05) is 0 Å². The van der Waals surface area contributed by atoms with Crippen molar-refractivity contribution < 1.29 is 4.92 Å². The van der Waals surface area contributed by atoms with Crippen LogP contribution in [0.1, 0.15) is 0 Å². The van der Waals surface area contributed by atoms with Gasteiger partial charge in [-0.15, -0.1) is 0 Å². The van der Waals surface area contributed by atoms with Gasteiger partial charge in [0.15, 0.2) is 0 Å². The normalized spacial score (nSPS) is 9.22. The van der Waals surface area contributed by atoms with Crippen molar-refractivity contribution in [3.8, 4) is 0 Å². The van der Waals surface area contributed by atoms with E-state index in [1.54, 1.807) is 0 Å². The van der Waals surface area contributed by atoms with Gasteiger partial charge in [0.25, 0.3) is 0 Å². The lowest BCUT2D eigenvalue weighted by molar-refractivity contribution is -0.385. The van der Waals surface area contributed by atoms with Crippen LogP contribution in [-0.2, 0) is 0 Å². The Morgan fingerprint density at radius 1 is 1.00 bits per heavy atom. The molecule has 0 spiro atoms. The molecule has 0 fully saturated rings. The Kier molecular flexibility index (Phi) is 5.15. The highest BCUT2D eigenvalue weighted by Crippen LogP contribution is 2.07. The van der Waals surface area contributed by atoms with E-state index in [2.05, 4.69) is 19.9 Å². The van der Waals surface area contributed by atoms with Gasteiger partial charge in [-0.25, -0.2) is 19.9 Å². The van der Waals surface area contributed by atoms with Gasteiger partial charge in [-0.3, -0.25) is 10.1 Å². The Balaban J connectivity index is 0.000000184. The highest BCUT2D eigenvalue weighted by Gasteiger charge is 2.04. The summed E-state index contributed by atoms with van der Waals surface area (Å²) in [5.41, 5.74) is 5.60. The van der Waals surface area contributed by atoms with Crippen LogP contribution >= 0.6 is 23.2 Å². The summed E-state index contributed by atoms with van der Waals surface area (Å²) >= 11 is 10.6. The molecule has 0 saturated heterocycles. The molecule has 10 heteroatoms. The molecule has 0 aliphatic carbocycles. The lowest BCUT2D eigenvalue weighted by Crippen LogP contribution is -1.90. The second kappa shape index (κ2) is 6.62. The molecule has 0 atom stereocenters. The summed E-state index contributed by atoms with van der Waals surface area (Å²) in [6.45, 7) is 0. The van der Waals surface area contributed by atoms with Crippen molar-refractivity contribution in [1.82, 2.24) is 19.9 Å². The zero-order chi connectivity index (χ0) is 13.5. The molecular weight excluding hydrogens is 283 g/mol. The molecule has 0 aliphatic heterocycles. The van der Waals surface area contributed by atoms with E-state index in [0.29, 0.717) is 5.69 Å². The number of aromatic nitrogens is 4. The molecule has 8 nitrogen and oxygen atoms in total. The molecule has 2 heterocycles. The van der Waals surface area contributed by atoms with Crippen LogP contribution in [-0.4, -0.2) is 24.9 Å². The van der Waals surface area contributed by atoms with Crippen LogP contribution in [0.2, 0.25) is 10.6 Å². The van der Waals surface area contributed by atoms with Gasteiger partial charge >= 0.3 is 5.69 Å². The number of nitrogens with two attached hydrogens (primary N) is 1. The monoisotopic (exact) mass is 288 g/mol. The molecule has 0 bridgehead atoms. The molecule has 2 N–H and O–H groups in total. The van der Waals surface area contributed by atoms with Crippen LogP contribution in [0.5, 0.6) is 0 Å². The number of hydrogen-bond donors (Lipinski definition) is 1. The summed E-state index contributed by atoms with van der Waals surface area (Å²) in [5.74, 6) is 0. The Labute approximate surface area is 111 Å². The molecule has 0 saturated carbocycles. The summed E-state index contributed by atoms with van der Waals surface area (Å²) < 4.78 is 0. The summed E-state index contributed by atoms with van der Waals surface area (Å²) in [7, 11) is 0. The smallest absolute Gasteiger partial charge is 0.305 e. The summed E-state index contributed by atoms with van der Waals surface area (Å²) in [6.07, 6.45) is 5.01. The number of nitrogen functional groups attached to an aromatic ring is 1. The second-order valence-electron chi connectivity index (χ2n) is 2.75. The number of nitro groups is 1. The number of anilines is 1. The van der Waals surface area contributed by atoms with E-state index in [9.17, 15) is 10.1 Å². The average molecular weight is 289 g/mol. The van der Waals surface area contributed by atoms with Gasteiger partial charge in [-0.2, -0.15) is 0 Å². The molecule has 0 radical (unpaired) electrons.